The second-order valence-electron chi connectivity index (χ2n) is 4.76. The molecule has 6 nitrogen and oxygen atoms in total. The molecule has 1 aromatic rings. The predicted octanol–water partition coefficient (Wildman–Crippen LogP) is -0.652. The van der Waals surface area contributed by atoms with Crippen LogP contribution in [0.1, 0.15) is 12.5 Å². The van der Waals surface area contributed by atoms with E-state index < -0.39 is 6.04 Å². The topological polar surface area (TPSA) is 87.3 Å². The second-order valence-corrected chi connectivity index (χ2v) is 4.76. The fraction of sp³-hybridized carbons (Fsp3) is 0.357. The molecule has 0 spiro atoms. The third kappa shape index (κ3) is 3.57. The molecule has 2 atom stereocenters. The van der Waals surface area contributed by atoms with Crippen LogP contribution in [0.5, 0.6) is 0 Å². The zero-order valence-corrected chi connectivity index (χ0v) is 11.2. The van der Waals surface area contributed by atoms with Crippen molar-refractivity contribution in [1.29, 1.82) is 0 Å². The van der Waals surface area contributed by atoms with Crippen molar-refractivity contribution in [2.45, 2.75) is 25.4 Å². The van der Waals surface area contributed by atoms with Crippen LogP contribution in [-0.2, 0) is 20.8 Å². The minimum Gasteiger partial charge on any atom is -0.354 e. The first kappa shape index (κ1) is 14.0. The van der Waals surface area contributed by atoms with E-state index in [-0.39, 0.29) is 30.2 Å². The van der Waals surface area contributed by atoms with Gasteiger partial charge in [-0.15, -0.1) is 0 Å². The van der Waals surface area contributed by atoms with Gasteiger partial charge < -0.3 is 16.0 Å². The van der Waals surface area contributed by atoms with Gasteiger partial charge in [0.2, 0.25) is 17.7 Å². The van der Waals surface area contributed by atoms with Crippen molar-refractivity contribution in [1.82, 2.24) is 16.0 Å². The van der Waals surface area contributed by atoms with Gasteiger partial charge in [-0.05, 0) is 5.56 Å². The number of carbonyl (C=O) groups is 3. The molecule has 1 heterocycles. The smallest absolute Gasteiger partial charge is 0.245 e. The Hall–Kier alpha value is -2.37. The van der Waals surface area contributed by atoms with Crippen molar-refractivity contribution < 1.29 is 14.4 Å². The van der Waals surface area contributed by atoms with E-state index in [4.69, 9.17) is 0 Å². The van der Waals surface area contributed by atoms with Crippen LogP contribution in [0.15, 0.2) is 30.3 Å². The Balaban J connectivity index is 1.83. The quantitative estimate of drug-likeness (QED) is 0.624. The summed E-state index contributed by atoms with van der Waals surface area (Å²) in [6, 6.07) is 8.50. The summed E-state index contributed by atoms with van der Waals surface area (Å²) in [5.74, 6) is -0.592. The van der Waals surface area contributed by atoms with E-state index in [0.717, 1.165) is 5.56 Å². The van der Waals surface area contributed by atoms with Crippen molar-refractivity contribution >= 4 is 17.7 Å². The van der Waals surface area contributed by atoms with Crippen LogP contribution in [0.25, 0.3) is 0 Å². The van der Waals surface area contributed by atoms with Crippen molar-refractivity contribution in [3.63, 3.8) is 0 Å². The Labute approximate surface area is 116 Å². The molecule has 3 amide bonds. The minimum atomic E-state index is -0.571. The minimum absolute atomic E-state index is 0.166. The van der Waals surface area contributed by atoms with Gasteiger partial charge in [-0.3, -0.25) is 14.4 Å². The molecule has 0 saturated carbocycles. The van der Waals surface area contributed by atoms with E-state index in [9.17, 15) is 14.4 Å². The summed E-state index contributed by atoms with van der Waals surface area (Å²) in [4.78, 5) is 34.1. The lowest BCUT2D eigenvalue weighted by molar-refractivity contribution is -0.136. The standard InChI is InChI=1S/C14H17N3O3/c1-9(18)15-8-11-13(14(20)16-11)17-12(19)7-10-5-3-2-4-6-10/h2-6,11,13H,7-8H2,1H3,(H,15,18)(H,16,20)(H,17,19). The zero-order chi connectivity index (χ0) is 14.5. The summed E-state index contributed by atoms with van der Waals surface area (Å²) in [6.45, 7) is 1.72. The molecule has 1 saturated heterocycles. The first-order valence-electron chi connectivity index (χ1n) is 6.44. The van der Waals surface area contributed by atoms with Crippen LogP contribution in [0.2, 0.25) is 0 Å². The molecular formula is C14H17N3O3. The van der Waals surface area contributed by atoms with Gasteiger partial charge in [0.1, 0.15) is 6.04 Å². The van der Waals surface area contributed by atoms with Gasteiger partial charge in [0.25, 0.3) is 0 Å². The highest BCUT2D eigenvalue weighted by molar-refractivity contribution is 5.94. The van der Waals surface area contributed by atoms with E-state index in [2.05, 4.69) is 16.0 Å². The van der Waals surface area contributed by atoms with E-state index in [1.165, 1.54) is 6.92 Å². The number of carbonyl (C=O) groups excluding carboxylic acids is 3. The Kier molecular flexibility index (Phi) is 4.34. The fourth-order valence-electron chi connectivity index (χ4n) is 2.04. The predicted molar refractivity (Wildman–Crippen MR) is 72.7 cm³/mol. The van der Waals surface area contributed by atoms with Gasteiger partial charge in [-0.1, -0.05) is 30.3 Å². The molecule has 106 valence electrons. The van der Waals surface area contributed by atoms with Gasteiger partial charge in [0.05, 0.1) is 12.5 Å². The maximum absolute atomic E-state index is 11.9. The molecule has 20 heavy (non-hydrogen) atoms. The Morgan fingerprint density at radius 2 is 1.95 bits per heavy atom. The summed E-state index contributed by atoms with van der Waals surface area (Å²) >= 11 is 0. The molecule has 3 N–H and O–H groups in total. The molecule has 2 rings (SSSR count). The molecule has 1 fully saturated rings. The van der Waals surface area contributed by atoms with Crippen LogP contribution >= 0.6 is 0 Å². The first-order chi connectivity index (χ1) is 9.56. The van der Waals surface area contributed by atoms with Crippen LogP contribution < -0.4 is 16.0 Å². The highest BCUT2D eigenvalue weighted by Gasteiger charge is 2.40. The van der Waals surface area contributed by atoms with Crippen molar-refractivity contribution in [2.75, 3.05) is 6.54 Å². The Morgan fingerprint density at radius 3 is 2.55 bits per heavy atom. The van der Waals surface area contributed by atoms with Crippen LogP contribution in [-0.4, -0.2) is 36.3 Å². The summed E-state index contributed by atoms with van der Waals surface area (Å²) in [5.41, 5.74) is 0.892. The van der Waals surface area contributed by atoms with E-state index in [1.807, 2.05) is 30.3 Å². The van der Waals surface area contributed by atoms with Crippen LogP contribution in [0.3, 0.4) is 0 Å². The average molecular weight is 275 g/mol. The van der Waals surface area contributed by atoms with Crippen molar-refractivity contribution in [3.8, 4) is 0 Å². The lowest BCUT2D eigenvalue weighted by Gasteiger charge is -2.37. The summed E-state index contributed by atoms with van der Waals surface area (Å²) < 4.78 is 0. The first-order valence-corrected chi connectivity index (χ1v) is 6.44. The maximum atomic E-state index is 11.9. The maximum Gasteiger partial charge on any atom is 0.245 e. The van der Waals surface area contributed by atoms with Crippen molar-refractivity contribution in [2.24, 2.45) is 0 Å². The second kappa shape index (κ2) is 6.18. The number of benzene rings is 1. The monoisotopic (exact) mass is 275 g/mol. The molecule has 0 aliphatic carbocycles. The van der Waals surface area contributed by atoms with Gasteiger partial charge >= 0.3 is 0 Å². The molecule has 1 aliphatic rings. The largest absolute Gasteiger partial charge is 0.354 e. The van der Waals surface area contributed by atoms with Gasteiger partial charge in [0.15, 0.2) is 0 Å². The van der Waals surface area contributed by atoms with Crippen LogP contribution in [0.4, 0.5) is 0 Å². The lowest BCUT2D eigenvalue weighted by Crippen LogP contribution is -2.71. The summed E-state index contributed by atoms with van der Waals surface area (Å²) in [5, 5.41) is 7.95. The van der Waals surface area contributed by atoms with Gasteiger partial charge in [-0.2, -0.15) is 0 Å². The Morgan fingerprint density at radius 1 is 1.25 bits per heavy atom. The molecular weight excluding hydrogens is 258 g/mol. The third-order valence-electron chi connectivity index (χ3n) is 3.11. The number of β-lactam (4-membered cyclic amide) rings is 1. The molecule has 1 aromatic carbocycles. The Bertz CT molecular complexity index is 516. The zero-order valence-electron chi connectivity index (χ0n) is 11.2. The highest BCUT2D eigenvalue weighted by atomic mass is 16.2. The number of amides is 3. The van der Waals surface area contributed by atoms with Crippen LogP contribution in [0, 0.1) is 0 Å². The van der Waals surface area contributed by atoms with E-state index >= 15 is 0 Å². The highest BCUT2D eigenvalue weighted by Crippen LogP contribution is 2.07. The molecule has 2 unspecified atom stereocenters. The number of hydrogen-bond donors (Lipinski definition) is 3. The van der Waals surface area contributed by atoms with Gasteiger partial charge in [-0.25, -0.2) is 0 Å². The van der Waals surface area contributed by atoms with E-state index in [1.54, 1.807) is 0 Å². The third-order valence-corrected chi connectivity index (χ3v) is 3.11. The average Bonchev–Trinajstić information content (AvgIpc) is 2.41. The SMILES string of the molecule is CC(=O)NCC1NC(=O)C1NC(=O)Cc1ccccc1. The number of hydrogen-bond acceptors (Lipinski definition) is 3. The number of rotatable bonds is 5. The molecule has 0 aromatic heterocycles. The summed E-state index contributed by atoms with van der Waals surface area (Å²) in [7, 11) is 0. The normalized spacial score (nSPS) is 20.6. The lowest BCUT2D eigenvalue weighted by atomic mass is 9.98. The molecule has 6 heteroatoms. The number of nitrogens with one attached hydrogen (secondary N) is 3. The molecule has 0 radical (unpaired) electrons. The molecule has 0 bridgehead atoms. The van der Waals surface area contributed by atoms with Gasteiger partial charge in [0, 0.05) is 13.5 Å². The fourth-order valence-corrected chi connectivity index (χ4v) is 2.04. The van der Waals surface area contributed by atoms with Crippen molar-refractivity contribution in [3.05, 3.63) is 35.9 Å². The van der Waals surface area contributed by atoms with E-state index in [0.29, 0.717) is 6.54 Å². The summed E-state index contributed by atoms with van der Waals surface area (Å²) in [6.07, 6.45) is 0.234. The molecule has 1 aliphatic heterocycles.